The van der Waals surface area contributed by atoms with Crippen LogP contribution >= 0.6 is 0 Å². The Morgan fingerprint density at radius 2 is 2.18 bits per heavy atom. The molecule has 0 heterocycles. The van der Waals surface area contributed by atoms with Crippen LogP contribution in [0.2, 0.25) is 0 Å². The van der Waals surface area contributed by atoms with Gasteiger partial charge in [0.1, 0.15) is 5.75 Å². The van der Waals surface area contributed by atoms with Crippen LogP contribution in [0.3, 0.4) is 0 Å². The number of nitrogens with one attached hydrogen (secondary N) is 1. The predicted molar refractivity (Wildman–Crippen MR) is 65.9 cm³/mol. The highest BCUT2D eigenvalue weighted by Crippen LogP contribution is 2.27. The number of carbonyl (C=O) groups is 1. The molecule has 17 heavy (non-hydrogen) atoms. The lowest BCUT2D eigenvalue weighted by atomic mass is 10.0. The van der Waals surface area contributed by atoms with Crippen molar-refractivity contribution < 1.29 is 14.6 Å². The SMILES string of the molecule is CNC(=O)CCCC(O)c1ccccc1OC. The first-order valence-corrected chi connectivity index (χ1v) is 5.70. The summed E-state index contributed by atoms with van der Waals surface area (Å²) < 4.78 is 5.18. The number of hydrogen-bond acceptors (Lipinski definition) is 3. The minimum Gasteiger partial charge on any atom is -0.496 e. The van der Waals surface area contributed by atoms with Gasteiger partial charge in [0.15, 0.2) is 0 Å². The first-order valence-electron chi connectivity index (χ1n) is 5.70. The molecular formula is C13H19NO3. The number of ether oxygens (including phenoxy) is 1. The zero-order chi connectivity index (χ0) is 12.7. The molecule has 1 amide bonds. The van der Waals surface area contributed by atoms with Crippen molar-refractivity contribution in [2.24, 2.45) is 0 Å². The lowest BCUT2D eigenvalue weighted by Crippen LogP contribution is -2.17. The summed E-state index contributed by atoms with van der Waals surface area (Å²) in [6.07, 6.45) is 1.05. The van der Waals surface area contributed by atoms with E-state index in [0.717, 1.165) is 5.56 Å². The molecule has 1 atom stereocenters. The summed E-state index contributed by atoms with van der Waals surface area (Å²) in [7, 11) is 3.19. The Kier molecular flexibility index (Phi) is 5.49. The second-order valence-electron chi connectivity index (χ2n) is 3.82. The Balaban J connectivity index is 2.51. The second kappa shape index (κ2) is 6.91. The largest absolute Gasteiger partial charge is 0.496 e. The van der Waals surface area contributed by atoms with Crippen LogP contribution < -0.4 is 10.1 Å². The van der Waals surface area contributed by atoms with Crippen LogP contribution in [0.5, 0.6) is 5.75 Å². The molecule has 2 N–H and O–H groups in total. The number of benzene rings is 1. The van der Waals surface area contributed by atoms with E-state index < -0.39 is 6.10 Å². The third-order valence-corrected chi connectivity index (χ3v) is 2.66. The lowest BCUT2D eigenvalue weighted by Gasteiger charge is -2.14. The van der Waals surface area contributed by atoms with Gasteiger partial charge in [0, 0.05) is 19.0 Å². The van der Waals surface area contributed by atoms with Gasteiger partial charge in [0.2, 0.25) is 5.91 Å². The van der Waals surface area contributed by atoms with Crippen molar-refractivity contribution in [2.45, 2.75) is 25.4 Å². The minimum atomic E-state index is -0.587. The Labute approximate surface area is 102 Å². The molecule has 1 aromatic carbocycles. The van der Waals surface area contributed by atoms with Crippen LogP contribution in [-0.2, 0) is 4.79 Å². The topological polar surface area (TPSA) is 58.6 Å². The lowest BCUT2D eigenvalue weighted by molar-refractivity contribution is -0.120. The maximum absolute atomic E-state index is 11.0. The number of aliphatic hydroxyl groups is 1. The summed E-state index contributed by atoms with van der Waals surface area (Å²) in [4.78, 5) is 11.0. The van der Waals surface area contributed by atoms with E-state index in [4.69, 9.17) is 4.74 Å². The van der Waals surface area contributed by atoms with Crippen LogP contribution in [0.1, 0.15) is 30.9 Å². The van der Waals surface area contributed by atoms with Crippen LogP contribution in [0, 0.1) is 0 Å². The highest BCUT2D eigenvalue weighted by Gasteiger charge is 2.12. The zero-order valence-corrected chi connectivity index (χ0v) is 10.3. The van der Waals surface area contributed by atoms with Gasteiger partial charge in [0.25, 0.3) is 0 Å². The van der Waals surface area contributed by atoms with E-state index in [2.05, 4.69) is 5.32 Å². The number of para-hydroxylation sites is 1. The highest BCUT2D eigenvalue weighted by atomic mass is 16.5. The van der Waals surface area contributed by atoms with Gasteiger partial charge in [-0.25, -0.2) is 0 Å². The molecule has 4 heteroatoms. The van der Waals surface area contributed by atoms with Gasteiger partial charge in [0.05, 0.1) is 13.2 Å². The maximum atomic E-state index is 11.0. The van der Waals surface area contributed by atoms with Gasteiger partial charge in [-0.1, -0.05) is 18.2 Å². The quantitative estimate of drug-likeness (QED) is 0.791. The monoisotopic (exact) mass is 237 g/mol. The number of amides is 1. The van der Waals surface area contributed by atoms with Crippen molar-refractivity contribution in [3.8, 4) is 5.75 Å². The van der Waals surface area contributed by atoms with Crippen molar-refractivity contribution in [3.05, 3.63) is 29.8 Å². The number of carbonyl (C=O) groups excluding carboxylic acids is 1. The van der Waals surface area contributed by atoms with E-state index in [9.17, 15) is 9.90 Å². The van der Waals surface area contributed by atoms with Gasteiger partial charge in [-0.15, -0.1) is 0 Å². The van der Waals surface area contributed by atoms with E-state index in [0.29, 0.717) is 25.0 Å². The first kappa shape index (κ1) is 13.5. The number of rotatable bonds is 6. The fourth-order valence-electron chi connectivity index (χ4n) is 1.68. The molecule has 94 valence electrons. The normalized spacial score (nSPS) is 11.9. The summed E-state index contributed by atoms with van der Waals surface area (Å²) in [5, 5.41) is 12.6. The summed E-state index contributed by atoms with van der Waals surface area (Å²) in [6, 6.07) is 7.38. The molecule has 0 spiro atoms. The maximum Gasteiger partial charge on any atom is 0.219 e. The van der Waals surface area contributed by atoms with Crippen LogP contribution in [0.15, 0.2) is 24.3 Å². The molecule has 0 bridgehead atoms. The van der Waals surface area contributed by atoms with Crippen LogP contribution in [0.25, 0.3) is 0 Å². The van der Waals surface area contributed by atoms with E-state index in [1.54, 1.807) is 14.2 Å². The Morgan fingerprint density at radius 1 is 1.47 bits per heavy atom. The van der Waals surface area contributed by atoms with Gasteiger partial charge < -0.3 is 15.2 Å². The van der Waals surface area contributed by atoms with E-state index in [1.807, 2.05) is 24.3 Å². The fourth-order valence-corrected chi connectivity index (χ4v) is 1.68. The second-order valence-corrected chi connectivity index (χ2v) is 3.82. The van der Waals surface area contributed by atoms with Gasteiger partial charge in [-0.05, 0) is 18.9 Å². The Hall–Kier alpha value is -1.55. The molecule has 1 aromatic rings. The Bertz CT molecular complexity index is 365. The average molecular weight is 237 g/mol. The molecule has 0 aliphatic rings. The van der Waals surface area contributed by atoms with Crippen LogP contribution in [0.4, 0.5) is 0 Å². The van der Waals surface area contributed by atoms with Gasteiger partial charge in [-0.3, -0.25) is 4.79 Å². The smallest absolute Gasteiger partial charge is 0.219 e. The molecule has 0 fully saturated rings. The molecule has 0 aliphatic carbocycles. The molecule has 1 rings (SSSR count). The molecule has 1 unspecified atom stereocenters. The predicted octanol–water partition coefficient (Wildman–Crippen LogP) is 1.64. The third kappa shape index (κ3) is 4.07. The van der Waals surface area contributed by atoms with E-state index in [1.165, 1.54) is 0 Å². The molecule has 0 aliphatic heterocycles. The van der Waals surface area contributed by atoms with Gasteiger partial charge >= 0.3 is 0 Å². The summed E-state index contributed by atoms with van der Waals surface area (Å²) >= 11 is 0. The third-order valence-electron chi connectivity index (χ3n) is 2.66. The molecule has 0 aromatic heterocycles. The average Bonchev–Trinajstić information content (AvgIpc) is 2.38. The molecule has 0 saturated carbocycles. The molecular weight excluding hydrogens is 218 g/mol. The number of hydrogen-bond donors (Lipinski definition) is 2. The van der Waals surface area contributed by atoms with E-state index in [-0.39, 0.29) is 5.91 Å². The summed E-state index contributed by atoms with van der Waals surface area (Å²) in [5.74, 6) is 0.678. The number of methoxy groups -OCH3 is 1. The summed E-state index contributed by atoms with van der Waals surface area (Å²) in [6.45, 7) is 0. The number of aliphatic hydroxyl groups excluding tert-OH is 1. The molecule has 0 saturated heterocycles. The Morgan fingerprint density at radius 3 is 2.82 bits per heavy atom. The van der Waals surface area contributed by atoms with Gasteiger partial charge in [-0.2, -0.15) is 0 Å². The van der Waals surface area contributed by atoms with E-state index >= 15 is 0 Å². The van der Waals surface area contributed by atoms with Crippen molar-refractivity contribution in [2.75, 3.05) is 14.2 Å². The summed E-state index contributed by atoms with van der Waals surface area (Å²) in [5.41, 5.74) is 0.770. The van der Waals surface area contributed by atoms with Crippen molar-refractivity contribution in [3.63, 3.8) is 0 Å². The van der Waals surface area contributed by atoms with Crippen molar-refractivity contribution in [1.29, 1.82) is 0 Å². The highest BCUT2D eigenvalue weighted by molar-refractivity contribution is 5.75. The first-order chi connectivity index (χ1) is 8.19. The van der Waals surface area contributed by atoms with Crippen LogP contribution in [-0.4, -0.2) is 25.2 Å². The zero-order valence-electron chi connectivity index (χ0n) is 10.3. The minimum absolute atomic E-state index is 0.00257. The molecule has 4 nitrogen and oxygen atoms in total. The van der Waals surface area contributed by atoms with Crippen molar-refractivity contribution >= 4 is 5.91 Å². The fraction of sp³-hybridized carbons (Fsp3) is 0.462. The standard InChI is InChI=1S/C13H19NO3/c1-14-13(16)9-5-7-11(15)10-6-3-4-8-12(10)17-2/h3-4,6,8,11,15H,5,7,9H2,1-2H3,(H,14,16). The van der Waals surface area contributed by atoms with Crippen molar-refractivity contribution in [1.82, 2.24) is 5.32 Å². The molecule has 0 radical (unpaired) electrons.